The van der Waals surface area contributed by atoms with Gasteiger partial charge in [-0.3, -0.25) is 0 Å². The third kappa shape index (κ3) is 3.62. The van der Waals surface area contributed by atoms with Gasteiger partial charge in [-0.1, -0.05) is 17.7 Å². The summed E-state index contributed by atoms with van der Waals surface area (Å²) in [5.41, 5.74) is 0.921. The third-order valence-corrected chi connectivity index (χ3v) is 2.23. The van der Waals surface area contributed by atoms with Crippen LogP contribution in [0.1, 0.15) is 5.56 Å². The van der Waals surface area contributed by atoms with Crippen LogP contribution in [0, 0.1) is 5.82 Å². The van der Waals surface area contributed by atoms with Crippen molar-refractivity contribution in [2.24, 2.45) is 0 Å². The van der Waals surface area contributed by atoms with Crippen LogP contribution in [0.2, 0.25) is 5.02 Å². The van der Waals surface area contributed by atoms with Crippen molar-refractivity contribution >= 4 is 11.6 Å². The molecule has 0 aliphatic carbocycles. The highest BCUT2D eigenvalue weighted by Crippen LogP contribution is 2.16. The molecule has 0 radical (unpaired) electrons. The Morgan fingerprint density at radius 3 is 2.79 bits per heavy atom. The first-order valence-electron chi connectivity index (χ1n) is 4.53. The number of rotatable bonds is 5. The Kier molecular flexibility index (Phi) is 4.87. The highest BCUT2D eigenvalue weighted by Gasteiger charge is 2.00. The van der Waals surface area contributed by atoms with Crippen LogP contribution >= 0.6 is 11.6 Å². The molecular weight excluding hydrogens is 203 g/mol. The number of likely N-dealkylation sites (N-methyl/N-ethyl adjacent to an activating group) is 1. The van der Waals surface area contributed by atoms with Crippen LogP contribution in [0.5, 0.6) is 0 Å². The molecule has 1 rings (SSSR count). The minimum Gasteiger partial charge on any atom is -0.318 e. The summed E-state index contributed by atoms with van der Waals surface area (Å²) in [4.78, 5) is 0. The molecule has 0 heterocycles. The average molecular weight is 217 g/mol. The van der Waals surface area contributed by atoms with Gasteiger partial charge in [0, 0.05) is 24.7 Å². The molecule has 1 aromatic rings. The molecule has 0 fully saturated rings. The number of hydrogen-bond acceptors (Lipinski definition) is 2. The first kappa shape index (κ1) is 11.4. The van der Waals surface area contributed by atoms with E-state index in [0.717, 1.165) is 18.7 Å². The molecule has 0 atom stereocenters. The molecule has 1 aromatic carbocycles. The molecule has 2 N–H and O–H groups in total. The minimum absolute atomic E-state index is 0.297. The number of nitrogens with one attached hydrogen (secondary N) is 2. The van der Waals surface area contributed by atoms with Crippen LogP contribution in [0.15, 0.2) is 18.2 Å². The van der Waals surface area contributed by atoms with E-state index in [9.17, 15) is 4.39 Å². The van der Waals surface area contributed by atoms with Crippen LogP contribution in [0.4, 0.5) is 4.39 Å². The fraction of sp³-hybridized carbons (Fsp3) is 0.400. The second kappa shape index (κ2) is 5.96. The maximum absolute atomic E-state index is 12.7. The van der Waals surface area contributed by atoms with Crippen molar-refractivity contribution in [2.45, 2.75) is 6.54 Å². The van der Waals surface area contributed by atoms with E-state index in [0.29, 0.717) is 11.6 Å². The monoisotopic (exact) mass is 216 g/mol. The molecule has 0 amide bonds. The first-order chi connectivity index (χ1) is 6.74. The molecule has 2 nitrogen and oxygen atoms in total. The van der Waals surface area contributed by atoms with Gasteiger partial charge in [-0.05, 0) is 24.7 Å². The Bertz CT molecular complexity index is 291. The number of hydrogen-bond donors (Lipinski definition) is 2. The van der Waals surface area contributed by atoms with Gasteiger partial charge in [0.15, 0.2) is 0 Å². The summed E-state index contributed by atoms with van der Waals surface area (Å²) in [5.74, 6) is -0.297. The Hall–Kier alpha value is -0.640. The quantitative estimate of drug-likeness (QED) is 0.734. The minimum atomic E-state index is -0.297. The lowest BCUT2D eigenvalue weighted by Crippen LogP contribution is -2.24. The molecule has 0 aliphatic rings. The number of halogens is 2. The third-order valence-electron chi connectivity index (χ3n) is 1.88. The van der Waals surface area contributed by atoms with Crippen LogP contribution in [-0.4, -0.2) is 20.1 Å². The molecular formula is C10H14ClFN2. The molecule has 14 heavy (non-hydrogen) atoms. The van der Waals surface area contributed by atoms with Gasteiger partial charge in [0.2, 0.25) is 0 Å². The first-order valence-corrected chi connectivity index (χ1v) is 4.91. The van der Waals surface area contributed by atoms with Gasteiger partial charge < -0.3 is 10.6 Å². The van der Waals surface area contributed by atoms with Crippen molar-refractivity contribution in [1.29, 1.82) is 0 Å². The normalized spacial score (nSPS) is 10.5. The molecule has 0 unspecified atom stereocenters. The predicted octanol–water partition coefficient (Wildman–Crippen LogP) is 1.79. The second-order valence-electron chi connectivity index (χ2n) is 3.02. The van der Waals surface area contributed by atoms with Gasteiger partial charge in [-0.2, -0.15) is 0 Å². The van der Waals surface area contributed by atoms with Crippen LogP contribution in [-0.2, 0) is 6.54 Å². The lowest BCUT2D eigenvalue weighted by molar-refractivity contribution is 0.623. The van der Waals surface area contributed by atoms with E-state index in [4.69, 9.17) is 11.6 Å². The van der Waals surface area contributed by atoms with Crippen LogP contribution in [0.25, 0.3) is 0 Å². The van der Waals surface area contributed by atoms with E-state index >= 15 is 0 Å². The fourth-order valence-corrected chi connectivity index (χ4v) is 1.34. The Morgan fingerprint density at radius 2 is 2.14 bits per heavy atom. The van der Waals surface area contributed by atoms with E-state index in [1.54, 1.807) is 6.07 Å². The molecule has 0 spiro atoms. The second-order valence-corrected chi connectivity index (χ2v) is 3.42. The topological polar surface area (TPSA) is 24.1 Å². The fourth-order valence-electron chi connectivity index (χ4n) is 1.10. The summed E-state index contributed by atoms with van der Waals surface area (Å²) in [6, 6.07) is 4.45. The Morgan fingerprint density at radius 1 is 1.36 bits per heavy atom. The lowest BCUT2D eigenvalue weighted by atomic mass is 10.2. The SMILES string of the molecule is CNCCNCc1ccc(F)cc1Cl. The van der Waals surface area contributed by atoms with E-state index < -0.39 is 0 Å². The zero-order valence-electron chi connectivity index (χ0n) is 8.11. The number of benzene rings is 1. The average Bonchev–Trinajstić information content (AvgIpc) is 2.15. The van der Waals surface area contributed by atoms with Gasteiger partial charge in [-0.15, -0.1) is 0 Å². The molecule has 78 valence electrons. The van der Waals surface area contributed by atoms with Gasteiger partial charge in [0.25, 0.3) is 0 Å². The van der Waals surface area contributed by atoms with Crippen molar-refractivity contribution in [3.8, 4) is 0 Å². The molecule has 4 heteroatoms. The Labute approximate surface area is 88.5 Å². The van der Waals surface area contributed by atoms with Crippen molar-refractivity contribution in [2.75, 3.05) is 20.1 Å². The van der Waals surface area contributed by atoms with E-state index in [1.165, 1.54) is 12.1 Å². The zero-order valence-corrected chi connectivity index (χ0v) is 8.87. The summed E-state index contributed by atoms with van der Waals surface area (Å²) < 4.78 is 12.7. The van der Waals surface area contributed by atoms with Crippen molar-refractivity contribution in [3.05, 3.63) is 34.6 Å². The predicted molar refractivity (Wildman–Crippen MR) is 57.0 cm³/mol. The molecule has 0 aromatic heterocycles. The molecule has 0 saturated heterocycles. The maximum Gasteiger partial charge on any atom is 0.124 e. The van der Waals surface area contributed by atoms with Gasteiger partial charge in [0.1, 0.15) is 5.82 Å². The van der Waals surface area contributed by atoms with Crippen molar-refractivity contribution in [3.63, 3.8) is 0 Å². The molecule has 0 saturated carbocycles. The summed E-state index contributed by atoms with van der Waals surface area (Å²) in [6.45, 7) is 2.43. The van der Waals surface area contributed by atoms with Crippen LogP contribution in [0.3, 0.4) is 0 Å². The lowest BCUT2D eigenvalue weighted by Gasteiger charge is -2.06. The summed E-state index contributed by atoms with van der Waals surface area (Å²) >= 11 is 5.85. The van der Waals surface area contributed by atoms with E-state index in [-0.39, 0.29) is 5.82 Å². The summed E-state index contributed by atoms with van der Waals surface area (Å²) in [7, 11) is 1.90. The van der Waals surface area contributed by atoms with Crippen molar-refractivity contribution < 1.29 is 4.39 Å². The van der Waals surface area contributed by atoms with Gasteiger partial charge >= 0.3 is 0 Å². The van der Waals surface area contributed by atoms with Crippen molar-refractivity contribution in [1.82, 2.24) is 10.6 Å². The standard InChI is InChI=1S/C10H14ClFN2/c1-13-4-5-14-7-8-2-3-9(12)6-10(8)11/h2-3,6,13-14H,4-5,7H2,1H3. The largest absolute Gasteiger partial charge is 0.318 e. The summed E-state index contributed by atoms with van der Waals surface area (Å²) in [6.07, 6.45) is 0. The highest BCUT2D eigenvalue weighted by molar-refractivity contribution is 6.31. The van der Waals surface area contributed by atoms with E-state index in [1.807, 2.05) is 7.05 Å². The van der Waals surface area contributed by atoms with Gasteiger partial charge in [0.05, 0.1) is 0 Å². The molecule has 0 bridgehead atoms. The summed E-state index contributed by atoms with van der Waals surface area (Å²) in [5, 5.41) is 6.69. The molecule has 0 aliphatic heterocycles. The smallest absolute Gasteiger partial charge is 0.124 e. The highest BCUT2D eigenvalue weighted by atomic mass is 35.5. The maximum atomic E-state index is 12.7. The van der Waals surface area contributed by atoms with Crippen LogP contribution < -0.4 is 10.6 Å². The Balaban J connectivity index is 2.42. The van der Waals surface area contributed by atoms with E-state index in [2.05, 4.69) is 10.6 Å². The van der Waals surface area contributed by atoms with Gasteiger partial charge in [-0.25, -0.2) is 4.39 Å². The zero-order chi connectivity index (χ0) is 10.4.